The molecule has 0 bridgehead atoms. The van der Waals surface area contributed by atoms with Crippen molar-refractivity contribution in [1.82, 2.24) is 19.3 Å². The van der Waals surface area contributed by atoms with Gasteiger partial charge in [0.05, 0.1) is 12.1 Å². The molecular weight excluding hydrogens is 407 g/mol. The van der Waals surface area contributed by atoms with Crippen molar-refractivity contribution in [2.24, 2.45) is 0 Å². The number of benzene rings is 2. The Bertz CT molecular complexity index is 1490. The molecule has 0 radical (unpaired) electrons. The van der Waals surface area contributed by atoms with E-state index in [1.54, 1.807) is 41.1 Å². The first-order chi connectivity index (χ1) is 15.6. The molecule has 32 heavy (non-hydrogen) atoms. The van der Waals surface area contributed by atoms with Gasteiger partial charge in [-0.2, -0.15) is 0 Å². The van der Waals surface area contributed by atoms with E-state index in [0.717, 1.165) is 16.6 Å². The Labute approximate surface area is 182 Å². The Morgan fingerprint density at radius 3 is 2.41 bits per heavy atom. The SMILES string of the molecule is O=C(NCc1ccc(F)cc1)c1ccc(Cn2c(=O)c3cccn3c3cccnc32)cc1. The molecule has 1 N–H and O–H groups in total. The normalized spacial score (nSPS) is 11.2. The fraction of sp³-hybridized carbons (Fsp3) is 0.0800. The summed E-state index contributed by atoms with van der Waals surface area (Å²) >= 11 is 0. The van der Waals surface area contributed by atoms with Crippen LogP contribution in [0.3, 0.4) is 0 Å². The zero-order valence-electron chi connectivity index (χ0n) is 17.0. The second kappa shape index (κ2) is 8.11. The number of hydrogen-bond acceptors (Lipinski definition) is 3. The molecule has 6 nitrogen and oxygen atoms in total. The molecular formula is C25H19FN4O2. The lowest BCUT2D eigenvalue weighted by atomic mass is 10.1. The summed E-state index contributed by atoms with van der Waals surface area (Å²) in [4.78, 5) is 29.9. The van der Waals surface area contributed by atoms with Crippen LogP contribution >= 0.6 is 0 Å². The first-order valence-electron chi connectivity index (χ1n) is 10.2. The van der Waals surface area contributed by atoms with Crippen molar-refractivity contribution in [1.29, 1.82) is 0 Å². The number of nitrogens with one attached hydrogen (secondary N) is 1. The number of aromatic nitrogens is 3. The molecule has 3 aromatic heterocycles. The fourth-order valence-corrected chi connectivity index (χ4v) is 3.76. The molecule has 0 aliphatic rings. The molecule has 0 aliphatic heterocycles. The minimum Gasteiger partial charge on any atom is -0.348 e. The first-order valence-corrected chi connectivity index (χ1v) is 10.2. The van der Waals surface area contributed by atoms with Crippen LogP contribution in [0.15, 0.2) is 90.0 Å². The average molecular weight is 426 g/mol. The summed E-state index contributed by atoms with van der Waals surface area (Å²) in [5, 5.41) is 2.82. The van der Waals surface area contributed by atoms with Crippen molar-refractivity contribution in [3.63, 3.8) is 0 Å². The third-order valence-corrected chi connectivity index (χ3v) is 5.42. The monoisotopic (exact) mass is 426 g/mol. The lowest BCUT2D eigenvalue weighted by molar-refractivity contribution is 0.0951. The van der Waals surface area contributed by atoms with Crippen molar-refractivity contribution < 1.29 is 9.18 Å². The maximum absolute atomic E-state index is 13.0. The Morgan fingerprint density at radius 2 is 1.62 bits per heavy atom. The van der Waals surface area contributed by atoms with Crippen LogP contribution in [-0.4, -0.2) is 19.9 Å². The van der Waals surface area contributed by atoms with E-state index in [4.69, 9.17) is 0 Å². The molecule has 0 saturated heterocycles. The lowest BCUT2D eigenvalue weighted by Gasteiger charge is -2.12. The molecule has 0 atom stereocenters. The largest absolute Gasteiger partial charge is 0.348 e. The molecule has 158 valence electrons. The van der Waals surface area contributed by atoms with Crippen molar-refractivity contribution in [3.05, 3.63) is 118 Å². The van der Waals surface area contributed by atoms with Crippen molar-refractivity contribution >= 4 is 22.6 Å². The summed E-state index contributed by atoms with van der Waals surface area (Å²) in [7, 11) is 0. The van der Waals surface area contributed by atoms with Gasteiger partial charge in [0.2, 0.25) is 0 Å². The average Bonchev–Trinajstić information content (AvgIpc) is 3.32. The second-order valence-corrected chi connectivity index (χ2v) is 7.51. The summed E-state index contributed by atoms with van der Waals surface area (Å²) < 4.78 is 16.5. The number of halogens is 1. The zero-order chi connectivity index (χ0) is 22.1. The van der Waals surface area contributed by atoms with E-state index in [1.165, 1.54) is 12.1 Å². The van der Waals surface area contributed by atoms with Crippen molar-refractivity contribution in [2.75, 3.05) is 0 Å². The topological polar surface area (TPSA) is 68.4 Å². The van der Waals surface area contributed by atoms with Crippen LogP contribution in [0.2, 0.25) is 0 Å². The van der Waals surface area contributed by atoms with Gasteiger partial charge in [-0.3, -0.25) is 14.2 Å². The molecule has 0 aliphatic carbocycles. The van der Waals surface area contributed by atoms with E-state index >= 15 is 0 Å². The molecule has 0 spiro atoms. The van der Waals surface area contributed by atoms with Gasteiger partial charge in [-0.05, 0) is 59.7 Å². The third kappa shape index (κ3) is 3.65. The molecule has 0 unspecified atom stereocenters. The second-order valence-electron chi connectivity index (χ2n) is 7.51. The Morgan fingerprint density at radius 1 is 0.906 bits per heavy atom. The smallest absolute Gasteiger partial charge is 0.276 e. The first kappa shape index (κ1) is 19.7. The van der Waals surface area contributed by atoms with Gasteiger partial charge < -0.3 is 9.72 Å². The van der Waals surface area contributed by atoms with Crippen molar-refractivity contribution in [3.8, 4) is 0 Å². The van der Waals surface area contributed by atoms with Gasteiger partial charge in [0, 0.05) is 24.5 Å². The number of nitrogens with zero attached hydrogens (tertiary/aromatic N) is 3. The van der Waals surface area contributed by atoms with Crippen molar-refractivity contribution in [2.45, 2.75) is 13.1 Å². The number of hydrogen-bond donors (Lipinski definition) is 1. The van der Waals surface area contributed by atoms with Crippen LogP contribution in [0.4, 0.5) is 4.39 Å². The Kier molecular flexibility index (Phi) is 4.99. The molecule has 0 fully saturated rings. The minimum atomic E-state index is -0.311. The van der Waals surface area contributed by atoms with Gasteiger partial charge in [-0.15, -0.1) is 0 Å². The molecule has 7 heteroatoms. The lowest BCUT2D eigenvalue weighted by Crippen LogP contribution is -2.24. The highest BCUT2D eigenvalue weighted by molar-refractivity contribution is 5.94. The number of carbonyl (C=O) groups excluding carboxylic acids is 1. The number of rotatable bonds is 5. The van der Waals surface area contributed by atoms with Gasteiger partial charge in [0.15, 0.2) is 5.65 Å². The fourth-order valence-electron chi connectivity index (χ4n) is 3.76. The van der Waals surface area contributed by atoms with E-state index in [2.05, 4.69) is 10.3 Å². The maximum atomic E-state index is 13.0. The highest BCUT2D eigenvalue weighted by Crippen LogP contribution is 2.15. The molecule has 5 rings (SSSR count). The predicted octanol–water partition coefficient (Wildman–Crippen LogP) is 3.77. The van der Waals surface area contributed by atoms with E-state index < -0.39 is 0 Å². The number of fused-ring (bicyclic) bond motifs is 3. The van der Waals surface area contributed by atoms with Gasteiger partial charge in [-0.1, -0.05) is 24.3 Å². The van der Waals surface area contributed by atoms with Gasteiger partial charge in [0.25, 0.3) is 11.5 Å². The summed E-state index contributed by atoms with van der Waals surface area (Å²) in [6, 6.07) is 20.5. The van der Waals surface area contributed by atoms with Gasteiger partial charge in [-0.25, -0.2) is 9.37 Å². The van der Waals surface area contributed by atoms with Gasteiger partial charge in [0.1, 0.15) is 11.3 Å². The summed E-state index contributed by atoms with van der Waals surface area (Å²) in [6.45, 7) is 0.650. The standard InChI is InChI=1S/C25H19FN4O2/c26-20-11-7-17(8-12-20)15-28-24(31)19-9-5-18(6-10-19)16-30-23-21(3-1-13-27-23)29-14-2-4-22(29)25(30)32/h1-14H,15-16H2,(H,28,31). The quantitative estimate of drug-likeness (QED) is 0.465. The third-order valence-electron chi connectivity index (χ3n) is 5.42. The van der Waals surface area contributed by atoms with Crippen LogP contribution in [-0.2, 0) is 13.1 Å². The summed E-state index contributed by atoms with van der Waals surface area (Å²) in [6.07, 6.45) is 3.52. The van der Waals surface area contributed by atoms with E-state index in [-0.39, 0.29) is 17.3 Å². The molecule has 5 aromatic rings. The van der Waals surface area contributed by atoms with Crippen LogP contribution < -0.4 is 10.9 Å². The van der Waals surface area contributed by atoms with E-state index in [1.807, 2.05) is 40.9 Å². The van der Waals surface area contributed by atoms with Gasteiger partial charge >= 0.3 is 0 Å². The zero-order valence-corrected chi connectivity index (χ0v) is 17.0. The van der Waals surface area contributed by atoms with Crippen LogP contribution in [0, 0.1) is 5.82 Å². The number of carbonyl (C=O) groups is 1. The molecule has 1 amide bonds. The predicted molar refractivity (Wildman–Crippen MR) is 120 cm³/mol. The summed E-state index contributed by atoms with van der Waals surface area (Å²) in [5.41, 5.74) is 4.12. The highest BCUT2D eigenvalue weighted by Gasteiger charge is 2.12. The minimum absolute atomic E-state index is 0.123. The van der Waals surface area contributed by atoms with E-state index in [0.29, 0.717) is 29.8 Å². The molecule has 0 saturated carbocycles. The van der Waals surface area contributed by atoms with Crippen LogP contribution in [0.1, 0.15) is 21.5 Å². The van der Waals surface area contributed by atoms with E-state index in [9.17, 15) is 14.0 Å². The van der Waals surface area contributed by atoms with Crippen LogP contribution in [0.25, 0.3) is 16.7 Å². The van der Waals surface area contributed by atoms with Crippen LogP contribution in [0.5, 0.6) is 0 Å². The highest BCUT2D eigenvalue weighted by atomic mass is 19.1. The maximum Gasteiger partial charge on any atom is 0.276 e. The molecule has 2 aromatic carbocycles. The Balaban J connectivity index is 1.37. The number of pyridine rings is 1. The number of amides is 1. The summed E-state index contributed by atoms with van der Waals surface area (Å²) in [5.74, 6) is -0.534. The Hall–Kier alpha value is -4.26. The molecule has 3 heterocycles.